The summed E-state index contributed by atoms with van der Waals surface area (Å²) in [4.78, 5) is 35.6. The molecule has 1 aromatic heterocycles. The lowest BCUT2D eigenvalue weighted by molar-refractivity contribution is -0.126. The molecule has 0 fully saturated rings. The molecule has 0 unspecified atom stereocenters. The minimum atomic E-state index is -1.23. The number of amides is 1. The molecule has 0 aliphatic carbocycles. The van der Waals surface area contributed by atoms with Crippen LogP contribution in [0.5, 0.6) is 5.75 Å². The van der Waals surface area contributed by atoms with Crippen LogP contribution in [0.4, 0.5) is 5.69 Å². The van der Waals surface area contributed by atoms with Crippen LogP contribution < -0.4 is 10.1 Å². The van der Waals surface area contributed by atoms with Crippen molar-refractivity contribution in [3.63, 3.8) is 0 Å². The minimum Gasteiger partial charge on any atom is -0.497 e. The fourth-order valence-electron chi connectivity index (χ4n) is 2.63. The second-order valence-electron chi connectivity index (χ2n) is 6.13. The molecule has 0 radical (unpaired) electrons. The Kier molecular flexibility index (Phi) is 7.28. The van der Waals surface area contributed by atoms with Crippen LogP contribution >= 0.6 is 0 Å². The van der Waals surface area contributed by atoms with Gasteiger partial charge in [-0.05, 0) is 24.6 Å². The normalized spacial score (nSPS) is 10.5. The lowest BCUT2D eigenvalue weighted by Crippen LogP contribution is -2.20. The van der Waals surface area contributed by atoms with E-state index in [1.54, 1.807) is 38.3 Å². The van der Waals surface area contributed by atoms with Crippen LogP contribution in [0.2, 0.25) is 0 Å². The van der Waals surface area contributed by atoms with Crippen molar-refractivity contribution in [2.24, 2.45) is 0 Å². The molecule has 2 N–H and O–H groups in total. The van der Waals surface area contributed by atoms with Gasteiger partial charge in [-0.3, -0.25) is 14.3 Å². The Hall–Kier alpha value is -3.20. The van der Waals surface area contributed by atoms with Gasteiger partial charge in [0.05, 0.1) is 38.1 Å². The van der Waals surface area contributed by atoms with Crippen LogP contribution in [-0.4, -0.2) is 53.4 Å². The van der Waals surface area contributed by atoms with Gasteiger partial charge in [-0.2, -0.15) is 5.10 Å². The number of Topliss-reactive ketones (excluding diaryl/α,β-unsaturated/α-hetero) is 1. The van der Waals surface area contributed by atoms with Crippen LogP contribution in [0.25, 0.3) is 0 Å². The Morgan fingerprint density at radius 2 is 1.86 bits per heavy atom. The summed E-state index contributed by atoms with van der Waals surface area (Å²) in [5.41, 5.74) is 1.11. The zero-order valence-corrected chi connectivity index (χ0v) is 16.0. The summed E-state index contributed by atoms with van der Waals surface area (Å²) in [6.07, 6.45) is -0.239. The highest BCUT2D eigenvalue weighted by Gasteiger charge is 2.23. The number of aryl methyl sites for hydroxylation is 1. The van der Waals surface area contributed by atoms with Crippen molar-refractivity contribution in [1.29, 1.82) is 0 Å². The number of carbonyl (C=O) groups is 3. The number of anilines is 1. The number of methoxy groups -OCH3 is 2. The molecule has 9 heteroatoms. The van der Waals surface area contributed by atoms with Gasteiger partial charge in [0.15, 0.2) is 5.69 Å². The quantitative estimate of drug-likeness (QED) is 0.595. The molecule has 0 bridgehead atoms. The number of carbonyl (C=O) groups excluding carboxylic acids is 2. The van der Waals surface area contributed by atoms with E-state index >= 15 is 0 Å². The van der Waals surface area contributed by atoms with Crippen molar-refractivity contribution in [2.45, 2.75) is 26.3 Å². The molecule has 0 saturated heterocycles. The Morgan fingerprint density at radius 3 is 2.43 bits per heavy atom. The zero-order chi connectivity index (χ0) is 20.7. The summed E-state index contributed by atoms with van der Waals surface area (Å²) in [5, 5.41) is 16.4. The van der Waals surface area contributed by atoms with Crippen molar-refractivity contribution < 1.29 is 29.0 Å². The Labute approximate surface area is 162 Å². The molecule has 0 aliphatic rings. The highest BCUT2D eigenvalue weighted by atomic mass is 16.5. The Bertz CT molecular complexity index is 857. The van der Waals surface area contributed by atoms with E-state index in [-0.39, 0.29) is 43.2 Å². The average molecular weight is 389 g/mol. The van der Waals surface area contributed by atoms with Crippen molar-refractivity contribution in [2.75, 3.05) is 26.1 Å². The second-order valence-corrected chi connectivity index (χ2v) is 6.13. The zero-order valence-electron chi connectivity index (χ0n) is 16.0. The smallest absolute Gasteiger partial charge is 0.356 e. The number of aromatic nitrogens is 2. The number of nitrogens with zero attached hydrogens (tertiary/aromatic N) is 2. The molecule has 0 saturated carbocycles. The first-order valence-corrected chi connectivity index (χ1v) is 8.59. The molecule has 2 aromatic rings. The lowest BCUT2D eigenvalue weighted by atomic mass is 10.2. The van der Waals surface area contributed by atoms with Crippen LogP contribution in [0.3, 0.4) is 0 Å². The molecule has 2 rings (SSSR count). The summed E-state index contributed by atoms with van der Waals surface area (Å²) < 4.78 is 11.2. The average Bonchev–Trinajstić information content (AvgIpc) is 2.95. The van der Waals surface area contributed by atoms with Crippen LogP contribution in [0.1, 0.15) is 34.6 Å². The molecule has 0 spiro atoms. The maximum Gasteiger partial charge on any atom is 0.356 e. The van der Waals surface area contributed by atoms with E-state index in [1.807, 2.05) is 0 Å². The molecule has 9 nitrogen and oxygen atoms in total. The number of aromatic carboxylic acids is 1. The van der Waals surface area contributed by atoms with Crippen LogP contribution in [-0.2, 0) is 20.9 Å². The molecule has 1 aromatic carbocycles. The molecule has 1 amide bonds. The van der Waals surface area contributed by atoms with Crippen molar-refractivity contribution in [3.8, 4) is 5.75 Å². The Balaban J connectivity index is 2.19. The van der Waals surface area contributed by atoms with Crippen LogP contribution in [0, 0.1) is 6.92 Å². The van der Waals surface area contributed by atoms with E-state index in [0.29, 0.717) is 11.4 Å². The van der Waals surface area contributed by atoms with Gasteiger partial charge < -0.3 is 19.9 Å². The first-order chi connectivity index (χ1) is 13.3. The SMILES string of the molecule is COCCC(=O)CC(=O)Nc1c(C)nn(Cc2ccc(OC)cc2)c1C(=O)O. The largest absolute Gasteiger partial charge is 0.497 e. The van der Waals surface area contributed by atoms with Gasteiger partial charge in [-0.1, -0.05) is 12.1 Å². The number of ether oxygens (including phenoxy) is 2. The standard InChI is InChI=1S/C19H23N3O6/c1-12-17(20-16(24)10-14(23)8-9-27-2)18(19(25)26)22(21-12)11-13-4-6-15(28-3)7-5-13/h4-7H,8-11H2,1-3H3,(H,20,24)(H,25,26). The molecule has 28 heavy (non-hydrogen) atoms. The number of benzene rings is 1. The lowest BCUT2D eigenvalue weighted by Gasteiger charge is -2.08. The number of ketones is 1. The first kappa shape index (κ1) is 21.1. The van der Waals surface area contributed by atoms with Crippen molar-refractivity contribution >= 4 is 23.3 Å². The number of rotatable bonds is 10. The third-order valence-electron chi connectivity index (χ3n) is 4.03. The van der Waals surface area contributed by atoms with E-state index in [0.717, 1.165) is 5.56 Å². The molecular weight excluding hydrogens is 366 g/mol. The highest BCUT2D eigenvalue weighted by Crippen LogP contribution is 2.22. The summed E-state index contributed by atoms with van der Waals surface area (Å²) in [5.74, 6) is -1.42. The first-order valence-electron chi connectivity index (χ1n) is 8.59. The molecule has 1 heterocycles. The summed E-state index contributed by atoms with van der Waals surface area (Å²) in [7, 11) is 3.02. The van der Waals surface area contributed by atoms with E-state index in [2.05, 4.69) is 10.4 Å². The fraction of sp³-hybridized carbons (Fsp3) is 0.368. The van der Waals surface area contributed by atoms with Gasteiger partial charge >= 0.3 is 5.97 Å². The number of carboxylic acids is 1. The number of hydrogen-bond acceptors (Lipinski definition) is 6. The van der Waals surface area contributed by atoms with Gasteiger partial charge in [0.1, 0.15) is 11.5 Å². The van der Waals surface area contributed by atoms with Crippen molar-refractivity contribution in [1.82, 2.24) is 9.78 Å². The topological polar surface area (TPSA) is 120 Å². The van der Waals surface area contributed by atoms with E-state index < -0.39 is 11.9 Å². The van der Waals surface area contributed by atoms with Gasteiger partial charge in [-0.15, -0.1) is 0 Å². The second kappa shape index (κ2) is 9.65. The predicted molar refractivity (Wildman–Crippen MR) is 101 cm³/mol. The molecule has 0 atom stereocenters. The van der Waals surface area contributed by atoms with Crippen LogP contribution in [0.15, 0.2) is 24.3 Å². The highest BCUT2D eigenvalue weighted by molar-refractivity contribution is 6.07. The maximum absolute atomic E-state index is 12.1. The fourth-order valence-corrected chi connectivity index (χ4v) is 2.63. The van der Waals surface area contributed by atoms with Gasteiger partial charge in [0.25, 0.3) is 0 Å². The number of nitrogens with one attached hydrogen (secondary N) is 1. The summed E-state index contributed by atoms with van der Waals surface area (Å²) in [6.45, 7) is 2.03. The summed E-state index contributed by atoms with van der Waals surface area (Å²) >= 11 is 0. The molecule has 0 aliphatic heterocycles. The number of hydrogen-bond donors (Lipinski definition) is 2. The molecule has 150 valence electrons. The predicted octanol–water partition coefficient (Wildman–Crippen LogP) is 1.88. The van der Waals surface area contributed by atoms with E-state index in [9.17, 15) is 19.5 Å². The third-order valence-corrected chi connectivity index (χ3v) is 4.03. The van der Waals surface area contributed by atoms with Gasteiger partial charge in [-0.25, -0.2) is 4.79 Å². The maximum atomic E-state index is 12.1. The van der Waals surface area contributed by atoms with Gasteiger partial charge in [0.2, 0.25) is 5.91 Å². The molecular formula is C19H23N3O6. The van der Waals surface area contributed by atoms with Gasteiger partial charge in [0, 0.05) is 13.5 Å². The number of carboxylic acid groups (broad SMARTS) is 1. The van der Waals surface area contributed by atoms with Crippen molar-refractivity contribution in [3.05, 3.63) is 41.2 Å². The summed E-state index contributed by atoms with van der Waals surface area (Å²) in [6, 6.07) is 7.13. The van der Waals surface area contributed by atoms with E-state index in [1.165, 1.54) is 11.8 Å². The monoisotopic (exact) mass is 389 g/mol. The van der Waals surface area contributed by atoms with E-state index in [4.69, 9.17) is 9.47 Å². The Morgan fingerprint density at radius 1 is 1.18 bits per heavy atom. The minimum absolute atomic E-state index is 0.0885. The third kappa shape index (κ3) is 5.40.